The van der Waals surface area contributed by atoms with Gasteiger partial charge in [-0.15, -0.1) is 0 Å². The van der Waals surface area contributed by atoms with Gasteiger partial charge in [0.25, 0.3) is 0 Å². The Balaban J connectivity index is 2.47. The standard InChI is InChI=1S/C10H12NO/c1-9(2)12-11-8-10-6-4-3-5-7-10/h3-4,6-9H,1-2H3. The van der Waals surface area contributed by atoms with E-state index in [0.717, 1.165) is 5.56 Å². The molecule has 0 fully saturated rings. The second-order valence-corrected chi connectivity index (χ2v) is 2.73. The Kier molecular flexibility index (Phi) is 3.33. The minimum absolute atomic E-state index is 0.133. The molecular weight excluding hydrogens is 150 g/mol. The molecule has 0 aromatic heterocycles. The summed E-state index contributed by atoms with van der Waals surface area (Å²) in [7, 11) is 0. The Hall–Kier alpha value is -1.31. The van der Waals surface area contributed by atoms with Crippen molar-refractivity contribution in [3.05, 3.63) is 35.9 Å². The van der Waals surface area contributed by atoms with E-state index in [-0.39, 0.29) is 6.10 Å². The molecule has 1 rings (SSSR count). The van der Waals surface area contributed by atoms with Crippen molar-refractivity contribution in [2.24, 2.45) is 5.16 Å². The van der Waals surface area contributed by atoms with E-state index < -0.39 is 0 Å². The average molecular weight is 162 g/mol. The normalized spacial score (nSPS) is 10.9. The van der Waals surface area contributed by atoms with Crippen LogP contribution in [0.25, 0.3) is 0 Å². The summed E-state index contributed by atoms with van der Waals surface area (Å²) in [5.41, 5.74) is 0.998. The summed E-state index contributed by atoms with van der Waals surface area (Å²) < 4.78 is 0. The van der Waals surface area contributed by atoms with Gasteiger partial charge in [0.15, 0.2) is 0 Å². The van der Waals surface area contributed by atoms with Gasteiger partial charge in [-0.05, 0) is 31.5 Å². The first-order valence-corrected chi connectivity index (χ1v) is 3.94. The van der Waals surface area contributed by atoms with Gasteiger partial charge in [-0.1, -0.05) is 23.4 Å². The number of benzene rings is 1. The third-order valence-corrected chi connectivity index (χ3v) is 1.20. The van der Waals surface area contributed by atoms with Crippen LogP contribution in [0.4, 0.5) is 0 Å². The van der Waals surface area contributed by atoms with E-state index in [1.54, 1.807) is 6.21 Å². The molecule has 0 saturated carbocycles. The zero-order valence-electron chi connectivity index (χ0n) is 7.32. The summed E-state index contributed by atoms with van der Waals surface area (Å²) in [6, 6.07) is 10.5. The Morgan fingerprint density at radius 2 is 2.42 bits per heavy atom. The minimum Gasteiger partial charge on any atom is -0.393 e. The van der Waals surface area contributed by atoms with Gasteiger partial charge in [-0.25, -0.2) is 0 Å². The quantitative estimate of drug-likeness (QED) is 0.493. The van der Waals surface area contributed by atoms with Gasteiger partial charge in [0, 0.05) is 0 Å². The molecule has 0 aliphatic rings. The highest BCUT2D eigenvalue weighted by molar-refractivity contribution is 5.78. The van der Waals surface area contributed by atoms with E-state index in [2.05, 4.69) is 11.2 Å². The van der Waals surface area contributed by atoms with Gasteiger partial charge in [-0.3, -0.25) is 0 Å². The summed E-state index contributed by atoms with van der Waals surface area (Å²) in [4.78, 5) is 5.00. The fourth-order valence-corrected chi connectivity index (χ4v) is 0.701. The van der Waals surface area contributed by atoms with Crippen LogP contribution in [-0.2, 0) is 4.84 Å². The fourth-order valence-electron chi connectivity index (χ4n) is 0.701. The molecule has 63 valence electrons. The van der Waals surface area contributed by atoms with Crippen molar-refractivity contribution in [1.29, 1.82) is 0 Å². The van der Waals surface area contributed by atoms with Gasteiger partial charge in [0.05, 0.1) is 6.21 Å². The topological polar surface area (TPSA) is 21.6 Å². The first-order valence-electron chi connectivity index (χ1n) is 3.94. The van der Waals surface area contributed by atoms with Crippen molar-refractivity contribution < 1.29 is 4.84 Å². The molecule has 1 aromatic carbocycles. The largest absolute Gasteiger partial charge is 0.393 e. The third kappa shape index (κ3) is 3.19. The van der Waals surface area contributed by atoms with Crippen molar-refractivity contribution in [2.75, 3.05) is 0 Å². The van der Waals surface area contributed by atoms with Crippen molar-refractivity contribution >= 4 is 6.21 Å². The number of oxime groups is 1. The van der Waals surface area contributed by atoms with Gasteiger partial charge >= 0.3 is 0 Å². The molecule has 0 amide bonds. The molecule has 0 atom stereocenters. The van der Waals surface area contributed by atoms with Gasteiger partial charge in [-0.2, -0.15) is 0 Å². The van der Waals surface area contributed by atoms with Crippen molar-refractivity contribution in [3.63, 3.8) is 0 Å². The summed E-state index contributed by atoms with van der Waals surface area (Å²) in [6.45, 7) is 3.88. The first-order chi connectivity index (χ1) is 5.79. The van der Waals surface area contributed by atoms with Crippen molar-refractivity contribution in [2.45, 2.75) is 20.0 Å². The molecule has 0 spiro atoms. The molecule has 0 bridgehead atoms. The van der Waals surface area contributed by atoms with E-state index in [1.807, 2.05) is 38.1 Å². The number of nitrogens with zero attached hydrogens (tertiary/aromatic N) is 1. The Morgan fingerprint density at radius 3 is 3.00 bits per heavy atom. The van der Waals surface area contributed by atoms with Crippen LogP contribution in [-0.4, -0.2) is 12.3 Å². The maximum Gasteiger partial charge on any atom is 0.122 e. The summed E-state index contributed by atoms with van der Waals surface area (Å²) in [5, 5.41) is 3.80. The van der Waals surface area contributed by atoms with Crippen LogP contribution in [0.5, 0.6) is 0 Å². The van der Waals surface area contributed by atoms with E-state index in [4.69, 9.17) is 4.84 Å². The Morgan fingerprint density at radius 1 is 1.58 bits per heavy atom. The summed E-state index contributed by atoms with van der Waals surface area (Å²) in [6.07, 6.45) is 1.81. The maximum atomic E-state index is 5.00. The fraction of sp³-hybridized carbons (Fsp3) is 0.300. The minimum atomic E-state index is 0.133. The lowest BCUT2D eigenvalue weighted by Gasteiger charge is -1.99. The molecule has 0 aliphatic carbocycles. The molecule has 0 heterocycles. The Labute approximate surface area is 72.9 Å². The molecule has 1 radical (unpaired) electrons. The monoisotopic (exact) mass is 162 g/mol. The highest BCUT2D eigenvalue weighted by atomic mass is 16.6. The summed E-state index contributed by atoms with van der Waals surface area (Å²) >= 11 is 0. The molecule has 1 aromatic rings. The van der Waals surface area contributed by atoms with Gasteiger partial charge < -0.3 is 4.84 Å². The van der Waals surface area contributed by atoms with Crippen LogP contribution < -0.4 is 0 Å². The second-order valence-electron chi connectivity index (χ2n) is 2.73. The summed E-state index contributed by atoms with van der Waals surface area (Å²) in [5.74, 6) is 0. The highest BCUT2D eigenvalue weighted by Gasteiger charge is 1.88. The molecule has 0 saturated heterocycles. The predicted molar refractivity (Wildman–Crippen MR) is 49.1 cm³/mol. The number of rotatable bonds is 3. The SMILES string of the molecule is CC(C)ON=Cc1c[c]ccc1. The lowest BCUT2D eigenvalue weighted by Crippen LogP contribution is -1.95. The van der Waals surface area contributed by atoms with Crippen molar-refractivity contribution in [1.82, 2.24) is 0 Å². The lowest BCUT2D eigenvalue weighted by atomic mass is 10.2. The molecule has 0 unspecified atom stereocenters. The first kappa shape index (κ1) is 8.78. The smallest absolute Gasteiger partial charge is 0.122 e. The van der Waals surface area contributed by atoms with E-state index >= 15 is 0 Å². The van der Waals surface area contributed by atoms with E-state index in [1.165, 1.54) is 0 Å². The number of hydrogen-bond acceptors (Lipinski definition) is 2. The third-order valence-electron chi connectivity index (χ3n) is 1.20. The number of hydrogen-bond donors (Lipinski definition) is 0. The van der Waals surface area contributed by atoms with Crippen LogP contribution in [0.2, 0.25) is 0 Å². The molecule has 12 heavy (non-hydrogen) atoms. The predicted octanol–water partition coefficient (Wildman–Crippen LogP) is 2.25. The van der Waals surface area contributed by atoms with Crippen LogP contribution in [0.1, 0.15) is 19.4 Å². The molecule has 2 heteroatoms. The Bertz CT molecular complexity index is 241. The van der Waals surface area contributed by atoms with Gasteiger partial charge in [0.1, 0.15) is 6.10 Å². The highest BCUT2D eigenvalue weighted by Crippen LogP contribution is 1.94. The van der Waals surface area contributed by atoms with Crippen LogP contribution in [0, 0.1) is 6.07 Å². The zero-order valence-corrected chi connectivity index (χ0v) is 7.32. The van der Waals surface area contributed by atoms with Crippen LogP contribution in [0.3, 0.4) is 0 Å². The molecule has 0 N–H and O–H groups in total. The van der Waals surface area contributed by atoms with E-state index in [0.29, 0.717) is 0 Å². The van der Waals surface area contributed by atoms with Crippen LogP contribution >= 0.6 is 0 Å². The lowest BCUT2D eigenvalue weighted by molar-refractivity contribution is 0.0874. The van der Waals surface area contributed by atoms with Crippen molar-refractivity contribution in [3.8, 4) is 0 Å². The molecular formula is C10H12NO. The average Bonchev–Trinajstić information content (AvgIpc) is 2.05. The molecule has 0 aliphatic heterocycles. The maximum absolute atomic E-state index is 5.00. The zero-order chi connectivity index (χ0) is 8.81. The molecule has 2 nitrogen and oxygen atoms in total. The van der Waals surface area contributed by atoms with Gasteiger partial charge in [0.2, 0.25) is 0 Å². The van der Waals surface area contributed by atoms with E-state index in [9.17, 15) is 0 Å². The second kappa shape index (κ2) is 4.54. The van der Waals surface area contributed by atoms with Crippen LogP contribution in [0.15, 0.2) is 29.4 Å².